The highest BCUT2D eigenvalue weighted by molar-refractivity contribution is 5.89. The lowest BCUT2D eigenvalue weighted by atomic mass is 9.88. The topological polar surface area (TPSA) is 80.2 Å². The average Bonchev–Trinajstić information content (AvgIpc) is 3.02. The Hall–Kier alpha value is -2.54. The van der Waals surface area contributed by atoms with Crippen LogP contribution in [-0.4, -0.2) is 39.6 Å². The van der Waals surface area contributed by atoms with Gasteiger partial charge in [-0.1, -0.05) is 0 Å². The van der Waals surface area contributed by atoms with Gasteiger partial charge in [0, 0.05) is 54.4 Å². The molecule has 0 radical (unpaired) electrons. The van der Waals surface area contributed by atoms with Gasteiger partial charge in [0.15, 0.2) is 0 Å². The third kappa shape index (κ3) is 2.74. The number of aryl methyl sites for hydroxylation is 1. The first-order valence-corrected chi connectivity index (χ1v) is 10.6. The number of ether oxygens (including phenoxy) is 1. The van der Waals surface area contributed by atoms with E-state index in [2.05, 4.69) is 21.3 Å². The van der Waals surface area contributed by atoms with Gasteiger partial charge in [-0.05, 0) is 39.0 Å². The summed E-state index contributed by atoms with van der Waals surface area (Å²) in [5, 5.41) is 2.81. The molecule has 4 aliphatic rings. The first kappa shape index (κ1) is 17.3. The Morgan fingerprint density at radius 2 is 2.14 bits per heavy atom. The second-order valence-corrected chi connectivity index (χ2v) is 9.08. The van der Waals surface area contributed by atoms with Crippen molar-refractivity contribution in [2.24, 2.45) is 0 Å². The van der Waals surface area contributed by atoms with Gasteiger partial charge in [-0.2, -0.15) is 0 Å². The molecule has 2 bridgehead atoms. The number of carbonyl (C=O) groups excluding carboxylic acids is 1. The number of rotatable bonds is 3. The monoisotopic (exact) mass is 391 g/mol. The molecule has 0 aromatic carbocycles. The van der Waals surface area contributed by atoms with Crippen molar-refractivity contribution in [1.29, 1.82) is 0 Å². The molecule has 1 spiro atoms. The third-order valence-electron chi connectivity index (χ3n) is 6.93. The number of carbonyl (C=O) groups is 1. The summed E-state index contributed by atoms with van der Waals surface area (Å²) in [4.78, 5) is 28.1. The summed E-state index contributed by atoms with van der Waals surface area (Å²) in [6.07, 6.45) is 8.25. The number of hydrogen-bond acceptors (Lipinski definition) is 6. The normalized spacial score (nSPS) is 28.1. The Bertz CT molecular complexity index is 1020. The number of nitrogens with zero attached hydrogens (tertiary/aromatic N) is 4. The smallest absolute Gasteiger partial charge is 0.222 e. The predicted molar refractivity (Wildman–Crippen MR) is 108 cm³/mol. The third-order valence-corrected chi connectivity index (χ3v) is 6.93. The molecular formula is C22H25N5O2. The number of fused-ring (bicyclic) bond motifs is 4. The fraction of sp³-hybridized carbons (Fsp3) is 0.545. The Kier molecular flexibility index (Phi) is 3.57. The van der Waals surface area contributed by atoms with Crippen molar-refractivity contribution in [2.75, 3.05) is 16.8 Å². The van der Waals surface area contributed by atoms with Crippen molar-refractivity contribution in [3.8, 4) is 0 Å². The minimum Gasteiger partial charge on any atom is -0.374 e. The van der Waals surface area contributed by atoms with Gasteiger partial charge in [-0.3, -0.25) is 4.79 Å². The van der Waals surface area contributed by atoms with E-state index < -0.39 is 0 Å². The second kappa shape index (κ2) is 5.98. The Morgan fingerprint density at radius 1 is 1.28 bits per heavy atom. The van der Waals surface area contributed by atoms with Crippen LogP contribution in [0.3, 0.4) is 0 Å². The van der Waals surface area contributed by atoms with Crippen LogP contribution in [0.15, 0.2) is 18.3 Å². The van der Waals surface area contributed by atoms with Crippen molar-refractivity contribution >= 4 is 23.2 Å². The van der Waals surface area contributed by atoms with Crippen LogP contribution in [0.25, 0.3) is 0 Å². The molecule has 1 aliphatic carbocycles. The van der Waals surface area contributed by atoms with Gasteiger partial charge in [0.05, 0.1) is 17.9 Å². The van der Waals surface area contributed by atoms with E-state index in [1.165, 1.54) is 31.7 Å². The van der Waals surface area contributed by atoms with Crippen molar-refractivity contribution in [3.05, 3.63) is 35.4 Å². The molecule has 3 aliphatic heterocycles. The standard InChI is InChI=1S/C22H25N5O2/c1-12-7-20(26-21(24-12)15-8-14-3-4-18(15)29-14)27-11-22(5-6-22)16-10-23-19(9-17(16)27)25-13(2)28/h7,9-10,14-15,18H,3-6,8,11H2,1-2H3,(H,23,25,28). The molecular weight excluding hydrogens is 366 g/mol. The first-order chi connectivity index (χ1) is 14.0. The second-order valence-electron chi connectivity index (χ2n) is 9.08. The van der Waals surface area contributed by atoms with Gasteiger partial charge in [-0.15, -0.1) is 0 Å². The first-order valence-electron chi connectivity index (χ1n) is 10.6. The van der Waals surface area contributed by atoms with E-state index in [-0.39, 0.29) is 17.4 Å². The summed E-state index contributed by atoms with van der Waals surface area (Å²) in [5.41, 5.74) is 3.55. The maximum atomic E-state index is 11.5. The summed E-state index contributed by atoms with van der Waals surface area (Å²) < 4.78 is 6.05. The molecule has 7 heteroatoms. The van der Waals surface area contributed by atoms with Gasteiger partial charge >= 0.3 is 0 Å². The molecule has 29 heavy (non-hydrogen) atoms. The maximum Gasteiger partial charge on any atom is 0.222 e. The fourth-order valence-corrected chi connectivity index (χ4v) is 5.37. The Balaban J connectivity index is 1.40. The van der Waals surface area contributed by atoms with E-state index >= 15 is 0 Å². The van der Waals surface area contributed by atoms with E-state index in [0.29, 0.717) is 17.8 Å². The molecule has 6 rings (SSSR count). The van der Waals surface area contributed by atoms with Crippen molar-refractivity contribution < 1.29 is 9.53 Å². The molecule has 3 fully saturated rings. The molecule has 3 unspecified atom stereocenters. The van der Waals surface area contributed by atoms with Crippen LogP contribution < -0.4 is 10.2 Å². The van der Waals surface area contributed by atoms with Gasteiger partial charge in [0.1, 0.15) is 17.5 Å². The zero-order valence-corrected chi connectivity index (χ0v) is 16.8. The molecule has 3 atom stereocenters. The average molecular weight is 391 g/mol. The van der Waals surface area contributed by atoms with Crippen LogP contribution in [0, 0.1) is 6.92 Å². The highest BCUT2D eigenvalue weighted by atomic mass is 16.5. The van der Waals surface area contributed by atoms with E-state index in [1.54, 1.807) is 0 Å². The lowest BCUT2D eigenvalue weighted by Crippen LogP contribution is -2.23. The number of nitrogens with one attached hydrogen (secondary N) is 1. The Morgan fingerprint density at radius 3 is 2.83 bits per heavy atom. The van der Waals surface area contributed by atoms with Crippen LogP contribution >= 0.6 is 0 Å². The minimum absolute atomic E-state index is 0.111. The van der Waals surface area contributed by atoms with Crippen LogP contribution in [0.1, 0.15) is 62.0 Å². The molecule has 1 amide bonds. The largest absolute Gasteiger partial charge is 0.374 e. The number of hydrogen-bond donors (Lipinski definition) is 1. The van der Waals surface area contributed by atoms with Crippen LogP contribution in [0.4, 0.5) is 17.3 Å². The van der Waals surface area contributed by atoms with Crippen LogP contribution in [-0.2, 0) is 14.9 Å². The summed E-state index contributed by atoms with van der Waals surface area (Å²) in [6.45, 7) is 4.46. The van der Waals surface area contributed by atoms with Crippen LogP contribution in [0.2, 0.25) is 0 Å². The molecule has 2 aromatic rings. The van der Waals surface area contributed by atoms with E-state index in [4.69, 9.17) is 14.7 Å². The molecule has 1 saturated carbocycles. The molecule has 7 nitrogen and oxygen atoms in total. The Labute approximate surface area is 169 Å². The molecule has 5 heterocycles. The van der Waals surface area contributed by atoms with Crippen molar-refractivity contribution in [1.82, 2.24) is 15.0 Å². The quantitative estimate of drug-likeness (QED) is 0.864. The zero-order chi connectivity index (χ0) is 19.8. The summed E-state index contributed by atoms with van der Waals surface area (Å²) in [6, 6.07) is 4.06. The van der Waals surface area contributed by atoms with E-state index in [0.717, 1.165) is 42.4 Å². The summed E-state index contributed by atoms with van der Waals surface area (Å²) in [7, 11) is 0. The minimum atomic E-state index is -0.111. The van der Waals surface area contributed by atoms with E-state index in [1.807, 2.05) is 19.2 Å². The van der Waals surface area contributed by atoms with Crippen molar-refractivity contribution in [2.45, 2.75) is 69.5 Å². The number of aromatic nitrogens is 3. The maximum absolute atomic E-state index is 11.5. The molecule has 1 N–H and O–H groups in total. The lowest BCUT2D eigenvalue weighted by molar-refractivity contribution is -0.114. The molecule has 150 valence electrons. The van der Waals surface area contributed by atoms with Gasteiger partial charge < -0.3 is 15.0 Å². The zero-order valence-electron chi connectivity index (χ0n) is 16.8. The summed E-state index contributed by atoms with van der Waals surface area (Å²) >= 11 is 0. The van der Waals surface area contributed by atoms with Crippen molar-refractivity contribution in [3.63, 3.8) is 0 Å². The highest BCUT2D eigenvalue weighted by Crippen LogP contribution is 2.58. The van der Waals surface area contributed by atoms with Gasteiger partial charge in [0.25, 0.3) is 0 Å². The number of pyridine rings is 1. The summed E-state index contributed by atoms with van der Waals surface area (Å²) in [5.74, 6) is 2.64. The molecule has 2 saturated heterocycles. The van der Waals surface area contributed by atoms with Gasteiger partial charge in [0.2, 0.25) is 5.91 Å². The van der Waals surface area contributed by atoms with Gasteiger partial charge in [-0.25, -0.2) is 15.0 Å². The number of amides is 1. The predicted octanol–water partition coefficient (Wildman–Crippen LogP) is 3.36. The fourth-order valence-electron chi connectivity index (χ4n) is 5.37. The SMILES string of the molecule is CC(=O)Nc1cc2c(cn1)C1(CC1)CN2c1cc(C)nc(C2CC3CCC2O3)n1. The highest BCUT2D eigenvalue weighted by Gasteiger charge is 2.53. The van der Waals surface area contributed by atoms with E-state index in [9.17, 15) is 4.79 Å². The lowest BCUT2D eigenvalue weighted by Gasteiger charge is -2.23. The number of anilines is 3. The van der Waals surface area contributed by atoms with Crippen LogP contribution in [0.5, 0.6) is 0 Å². The molecule has 2 aromatic heterocycles.